The quantitative estimate of drug-likeness (QED) is 0.275. The zero-order valence-electron chi connectivity index (χ0n) is 17.6. The molecule has 0 spiro atoms. The first-order chi connectivity index (χ1) is 15.2. The molecule has 1 aromatic carbocycles. The minimum absolute atomic E-state index is 0.0552. The number of morpholine rings is 1. The second kappa shape index (κ2) is 10.4. The Balaban J connectivity index is 1.60. The largest absolute Gasteiger partial charge is 0.494 e. The van der Waals surface area contributed by atoms with Crippen LogP contribution in [0.2, 0.25) is 0 Å². The zero-order chi connectivity index (χ0) is 23.2. The van der Waals surface area contributed by atoms with Crippen molar-refractivity contribution in [3.63, 3.8) is 0 Å². The number of benzene rings is 1. The summed E-state index contributed by atoms with van der Waals surface area (Å²) >= 11 is 0. The van der Waals surface area contributed by atoms with Gasteiger partial charge in [-0.3, -0.25) is 10.0 Å². The van der Waals surface area contributed by atoms with Crippen LogP contribution in [0.4, 0.5) is 0 Å². The molecule has 13 heteroatoms. The van der Waals surface area contributed by atoms with Crippen molar-refractivity contribution in [2.45, 2.75) is 28.9 Å². The fourth-order valence-corrected chi connectivity index (χ4v) is 7.13. The highest BCUT2D eigenvalue weighted by Crippen LogP contribution is 2.35. The minimum atomic E-state index is -4.11. The smallest absolute Gasteiger partial charge is 0.265 e. The normalized spacial score (nSPS) is 19.9. The molecular weight excluding hydrogens is 464 g/mol. The van der Waals surface area contributed by atoms with Gasteiger partial charge in [0, 0.05) is 26.3 Å². The number of rotatable bonds is 9. The molecule has 2 N–H and O–H groups in total. The molecule has 0 aromatic heterocycles. The first-order valence-corrected chi connectivity index (χ1v) is 13.4. The van der Waals surface area contributed by atoms with Crippen LogP contribution in [0.3, 0.4) is 0 Å². The highest BCUT2D eigenvalue weighted by atomic mass is 32.2. The topological polar surface area (TPSA) is 149 Å². The molecule has 1 aromatic rings. The van der Waals surface area contributed by atoms with E-state index in [9.17, 15) is 21.6 Å². The number of nitrogens with zero attached hydrogens (tertiary/aromatic N) is 1. The number of ether oxygens (including phenoxy) is 3. The van der Waals surface area contributed by atoms with Crippen molar-refractivity contribution >= 4 is 25.8 Å². The molecule has 2 saturated heterocycles. The Bertz CT molecular complexity index is 982. The van der Waals surface area contributed by atoms with Gasteiger partial charge in [-0.2, -0.15) is 4.31 Å². The van der Waals surface area contributed by atoms with E-state index in [2.05, 4.69) is 0 Å². The maximum atomic E-state index is 13.2. The second-order valence-electron chi connectivity index (χ2n) is 7.55. The van der Waals surface area contributed by atoms with Crippen molar-refractivity contribution in [3.8, 4) is 5.75 Å². The summed E-state index contributed by atoms with van der Waals surface area (Å²) in [6.07, 6.45) is 0.134. The van der Waals surface area contributed by atoms with Gasteiger partial charge in [0.1, 0.15) is 5.75 Å². The Labute approximate surface area is 187 Å². The lowest BCUT2D eigenvalue weighted by Gasteiger charge is -2.34. The van der Waals surface area contributed by atoms with E-state index in [1.807, 2.05) is 0 Å². The summed E-state index contributed by atoms with van der Waals surface area (Å²) in [5, 5.41) is 9.09. The molecule has 0 saturated carbocycles. The number of sulfone groups is 1. The highest BCUT2D eigenvalue weighted by Gasteiger charge is 2.52. The van der Waals surface area contributed by atoms with Crippen LogP contribution in [0.25, 0.3) is 0 Å². The van der Waals surface area contributed by atoms with Crippen LogP contribution in [-0.4, -0.2) is 88.9 Å². The van der Waals surface area contributed by atoms with E-state index in [0.717, 1.165) is 0 Å². The Morgan fingerprint density at radius 3 is 2.22 bits per heavy atom. The fourth-order valence-electron chi connectivity index (χ4n) is 3.75. The SMILES string of the molecule is O=C(NO)C1(S(=O)(=O)c2ccc(OCCCS(=O)(=O)N3CCOCC3)cc2)CCOCC1. The number of nitrogens with one attached hydrogen (secondary N) is 1. The number of hydrogen-bond donors (Lipinski definition) is 2. The third-order valence-corrected chi connectivity index (χ3v) is 10.1. The van der Waals surface area contributed by atoms with E-state index in [-0.39, 0.29) is 49.7 Å². The van der Waals surface area contributed by atoms with Crippen LogP contribution in [0.1, 0.15) is 19.3 Å². The van der Waals surface area contributed by atoms with Gasteiger partial charge in [0.2, 0.25) is 10.0 Å². The number of carbonyl (C=O) groups is 1. The predicted octanol–water partition coefficient (Wildman–Crippen LogP) is -0.0542. The molecule has 180 valence electrons. The third kappa shape index (κ3) is 5.24. The molecule has 0 radical (unpaired) electrons. The molecule has 2 aliphatic heterocycles. The van der Waals surface area contributed by atoms with E-state index in [1.54, 1.807) is 0 Å². The van der Waals surface area contributed by atoms with E-state index < -0.39 is 30.5 Å². The summed E-state index contributed by atoms with van der Waals surface area (Å²) in [4.78, 5) is 12.2. The molecule has 0 bridgehead atoms. The summed E-state index contributed by atoms with van der Waals surface area (Å²) in [5.74, 6) is -0.664. The molecule has 0 aliphatic carbocycles. The molecule has 3 rings (SSSR count). The number of amides is 1. The molecule has 2 fully saturated rings. The zero-order valence-corrected chi connectivity index (χ0v) is 19.2. The van der Waals surface area contributed by atoms with Gasteiger partial charge in [-0.25, -0.2) is 22.3 Å². The van der Waals surface area contributed by atoms with Crippen LogP contribution in [0, 0.1) is 0 Å². The summed E-state index contributed by atoms with van der Waals surface area (Å²) in [6.45, 7) is 1.78. The average molecular weight is 493 g/mol. The van der Waals surface area contributed by atoms with Crippen LogP contribution >= 0.6 is 0 Å². The van der Waals surface area contributed by atoms with E-state index in [4.69, 9.17) is 19.4 Å². The first kappa shape index (κ1) is 24.9. The lowest BCUT2D eigenvalue weighted by molar-refractivity contribution is -0.134. The van der Waals surface area contributed by atoms with E-state index in [1.165, 1.54) is 34.1 Å². The van der Waals surface area contributed by atoms with Gasteiger partial charge in [0.05, 0.1) is 30.5 Å². The monoisotopic (exact) mass is 492 g/mol. The molecule has 0 unspecified atom stereocenters. The van der Waals surface area contributed by atoms with Gasteiger partial charge in [-0.05, 0) is 43.5 Å². The van der Waals surface area contributed by atoms with Gasteiger partial charge < -0.3 is 14.2 Å². The van der Waals surface area contributed by atoms with Crippen LogP contribution in [-0.2, 0) is 34.1 Å². The van der Waals surface area contributed by atoms with Crippen LogP contribution in [0.15, 0.2) is 29.2 Å². The summed E-state index contributed by atoms with van der Waals surface area (Å²) in [5.41, 5.74) is 1.48. The molecule has 2 heterocycles. The third-order valence-electron chi connectivity index (χ3n) is 5.64. The van der Waals surface area contributed by atoms with Gasteiger partial charge in [0.25, 0.3) is 5.91 Å². The highest BCUT2D eigenvalue weighted by molar-refractivity contribution is 7.93. The standard InChI is InChI=1S/C19H28N2O9S2/c22-18(20-23)19(6-11-28-12-7-19)32(26,27)17-4-2-16(3-5-17)30-10-1-15-31(24,25)21-8-13-29-14-9-21/h2-5,23H,1,6-15H2,(H,20,22). The second-order valence-corrected chi connectivity index (χ2v) is 11.9. The van der Waals surface area contributed by atoms with Crippen molar-refractivity contribution in [1.82, 2.24) is 9.79 Å². The lowest BCUT2D eigenvalue weighted by Crippen LogP contribution is -2.54. The molecule has 0 atom stereocenters. The summed E-state index contributed by atoms with van der Waals surface area (Å²) in [6, 6.07) is 5.56. The van der Waals surface area contributed by atoms with Gasteiger partial charge in [-0.1, -0.05) is 0 Å². The Kier molecular flexibility index (Phi) is 8.11. The molecule has 11 nitrogen and oxygen atoms in total. The van der Waals surface area contributed by atoms with Crippen molar-refractivity contribution in [2.75, 3.05) is 51.9 Å². The fraction of sp³-hybridized carbons (Fsp3) is 0.632. The summed E-state index contributed by atoms with van der Waals surface area (Å²) in [7, 11) is -7.48. The van der Waals surface area contributed by atoms with Crippen LogP contribution < -0.4 is 10.2 Å². The Morgan fingerprint density at radius 1 is 1.03 bits per heavy atom. The van der Waals surface area contributed by atoms with Crippen molar-refractivity contribution < 1.29 is 41.0 Å². The van der Waals surface area contributed by atoms with Gasteiger partial charge in [-0.15, -0.1) is 0 Å². The van der Waals surface area contributed by atoms with Crippen molar-refractivity contribution in [2.24, 2.45) is 0 Å². The molecule has 2 aliphatic rings. The number of hydrogen-bond acceptors (Lipinski definition) is 9. The van der Waals surface area contributed by atoms with Crippen molar-refractivity contribution in [3.05, 3.63) is 24.3 Å². The van der Waals surface area contributed by atoms with E-state index in [0.29, 0.717) is 32.1 Å². The summed E-state index contributed by atoms with van der Waals surface area (Å²) < 4.78 is 66.5. The maximum absolute atomic E-state index is 13.2. The van der Waals surface area contributed by atoms with E-state index >= 15 is 0 Å². The first-order valence-electron chi connectivity index (χ1n) is 10.3. The molecule has 1 amide bonds. The Hall–Kier alpha value is -1.77. The molecular formula is C19H28N2O9S2. The van der Waals surface area contributed by atoms with Crippen molar-refractivity contribution in [1.29, 1.82) is 0 Å². The lowest BCUT2D eigenvalue weighted by atomic mass is 9.98. The van der Waals surface area contributed by atoms with Gasteiger partial charge >= 0.3 is 0 Å². The number of carbonyl (C=O) groups excluding carboxylic acids is 1. The van der Waals surface area contributed by atoms with Gasteiger partial charge in [0.15, 0.2) is 14.6 Å². The number of hydroxylamine groups is 1. The maximum Gasteiger partial charge on any atom is 0.265 e. The minimum Gasteiger partial charge on any atom is -0.494 e. The average Bonchev–Trinajstić information content (AvgIpc) is 2.82. The molecule has 32 heavy (non-hydrogen) atoms. The van der Waals surface area contributed by atoms with Crippen LogP contribution in [0.5, 0.6) is 5.75 Å². The Morgan fingerprint density at radius 2 is 1.62 bits per heavy atom. The predicted molar refractivity (Wildman–Crippen MR) is 113 cm³/mol. The number of sulfonamides is 1.